The maximum absolute atomic E-state index is 11.3. The molecule has 1 heterocycles. The van der Waals surface area contributed by atoms with Crippen molar-refractivity contribution < 1.29 is 10.1 Å². The number of aromatic nitrogens is 3. The van der Waals surface area contributed by atoms with Crippen LogP contribution in [0.3, 0.4) is 0 Å². The minimum absolute atomic E-state index is 0.136. The van der Waals surface area contributed by atoms with Gasteiger partial charge in [-0.2, -0.15) is 0 Å². The van der Waals surface area contributed by atoms with Crippen molar-refractivity contribution >= 4 is 5.82 Å². The van der Waals surface area contributed by atoms with Gasteiger partial charge in [-0.25, -0.2) is 0 Å². The maximum atomic E-state index is 11.3. The topological polar surface area (TPSA) is 98.5 Å². The van der Waals surface area contributed by atoms with Gasteiger partial charge in [-0.05, 0) is 66.4 Å². The fourth-order valence-electron chi connectivity index (χ4n) is 2.96. The molecule has 0 bridgehead atoms. The largest absolute Gasteiger partial charge is 0.438 e. The van der Waals surface area contributed by atoms with Gasteiger partial charge in [-0.1, -0.05) is 28.6 Å². The number of aryl methyl sites for hydroxylation is 1. The van der Waals surface area contributed by atoms with E-state index in [0.29, 0.717) is 17.1 Å². The molecule has 0 aliphatic heterocycles. The molecule has 1 aromatic carbocycles. The molecule has 1 aliphatic rings. The first-order valence-corrected chi connectivity index (χ1v) is 8.37. The third-order valence-corrected chi connectivity index (χ3v) is 4.24. The second kappa shape index (κ2) is 7.33. The van der Waals surface area contributed by atoms with Crippen molar-refractivity contribution in [3.63, 3.8) is 0 Å². The van der Waals surface area contributed by atoms with Crippen molar-refractivity contribution in [2.45, 2.75) is 39.0 Å². The van der Waals surface area contributed by atoms with Gasteiger partial charge in [0.2, 0.25) is 0 Å². The van der Waals surface area contributed by atoms with E-state index in [9.17, 15) is 15.3 Å². The van der Waals surface area contributed by atoms with E-state index < -0.39 is 10.7 Å². The van der Waals surface area contributed by atoms with Crippen LogP contribution in [0, 0.1) is 17.0 Å². The van der Waals surface area contributed by atoms with E-state index in [2.05, 4.69) is 16.2 Å². The molecule has 0 spiro atoms. The van der Waals surface area contributed by atoms with Crippen molar-refractivity contribution in [2.24, 2.45) is 4.99 Å². The third kappa shape index (κ3) is 3.78. The van der Waals surface area contributed by atoms with Crippen LogP contribution in [0.25, 0.3) is 5.69 Å². The molecule has 8 nitrogen and oxygen atoms in total. The molecule has 132 valence electrons. The zero-order valence-corrected chi connectivity index (χ0v) is 14.1. The van der Waals surface area contributed by atoms with Gasteiger partial charge in [-0.3, -0.25) is 4.99 Å². The Labute approximate surface area is 144 Å². The first-order valence-electron chi connectivity index (χ1n) is 8.37. The molecular formula is C17H21N5O3. The van der Waals surface area contributed by atoms with Crippen molar-refractivity contribution in [2.75, 3.05) is 6.54 Å². The zero-order chi connectivity index (χ0) is 17.8. The smallest absolute Gasteiger partial charge is 0.409 e. The molecule has 0 atom stereocenters. The third-order valence-electron chi connectivity index (χ3n) is 4.24. The highest BCUT2D eigenvalue weighted by Crippen LogP contribution is 2.19. The Morgan fingerprint density at radius 3 is 2.92 bits per heavy atom. The number of nitrogens with zero attached hydrogens (tertiary/aromatic N) is 5. The Balaban J connectivity index is 1.93. The zero-order valence-electron chi connectivity index (χ0n) is 14.1. The van der Waals surface area contributed by atoms with Gasteiger partial charge in [0.25, 0.3) is 5.49 Å². The fraction of sp³-hybridized carbons (Fsp3) is 0.412. The lowest BCUT2D eigenvalue weighted by atomic mass is 9.97. The van der Waals surface area contributed by atoms with Crippen LogP contribution in [0.4, 0.5) is 5.82 Å². The van der Waals surface area contributed by atoms with E-state index >= 15 is 0 Å². The van der Waals surface area contributed by atoms with Gasteiger partial charge in [0, 0.05) is 6.54 Å². The first-order chi connectivity index (χ1) is 12.1. The number of allylic oxidation sites excluding steroid dienone is 1. The second-order valence-electron chi connectivity index (χ2n) is 6.16. The van der Waals surface area contributed by atoms with E-state index in [0.717, 1.165) is 29.6 Å². The summed E-state index contributed by atoms with van der Waals surface area (Å²) in [5.41, 5.74) is 2.68. The van der Waals surface area contributed by atoms with Crippen LogP contribution >= 0.6 is 0 Å². The Kier molecular flexibility index (Phi) is 4.97. The van der Waals surface area contributed by atoms with Gasteiger partial charge in [-0.15, -0.1) is 0 Å². The average molecular weight is 343 g/mol. The summed E-state index contributed by atoms with van der Waals surface area (Å²) in [6.45, 7) is 2.28. The molecule has 3 rings (SSSR count). The minimum atomic E-state index is -0.627. The van der Waals surface area contributed by atoms with Crippen molar-refractivity contribution in [3.8, 4) is 5.69 Å². The molecule has 1 aliphatic carbocycles. The number of nitro groups is 1. The van der Waals surface area contributed by atoms with Gasteiger partial charge >= 0.3 is 5.82 Å². The summed E-state index contributed by atoms with van der Waals surface area (Å²) >= 11 is 0. The molecule has 0 fully saturated rings. The molecule has 1 aromatic heterocycles. The van der Waals surface area contributed by atoms with Crippen LogP contribution in [0.2, 0.25) is 0 Å². The Bertz CT molecular complexity index is 879. The predicted molar refractivity (Wildman–Crippen MR) is 91.7 cm³/mol. The highest BCUT2D eigenvalue weighted by Gasteiger charge is 2.23. The number of hydrogen-bond donors (Lipinski definition) is 1. The first kappa shape index (κ1) is 16.9. The van der Waals surface area contributed by atoms with Gasteiger partial charge < -0.3 is 15.3 Å². The van der Waals surface area contributed by atoms with Crippen molar-refractivity contribution in [1.29, 1.82) is 0 Å². The lowest BCUT2D eigenvalue weighted by Gasteiger charge is -2.10. The van der Waals surface area contributed by atoms with Gasteiger partial charge in [0.05, 0.1) is 5.10 Å². The minimum Gasteiger partial charge on any atom is -0.409 e. The van der Waals surface area contributed by atoms with E-state index in [4.69, 9.17) is 0 Å². The Morgan fingerprint density at radius 1 is 1.40 bits per heavy atom. The maximum Gasteiger partial charge on any atom is 0.438 e. The summed E-state index contributed by atoms with van der Waals surface area (Å²) in [5.74, 6) is -0.457. The van der Waals surface area contributed by atoms with E-state index in [1.54, 1.807) is 18.2 Å². The summed E-state index contributed by atoms with van der Waals surface area (Å²) in [6.07, 6.45) is 7.49. The van der Waals surface area contributed by atoms with Crippen LogP contribution in [0.5, 0.6) is 0 Å². The molecule has 0 saturated carbocycles. The molecule has 1 N–H and O–H groups in total. The quantitative estimate of drug-likeness (QED) is 0.390. The number of hydrogen-bond acceptors (Lipinski definition) is 5. The molecule has 0 unspecified atom stereocenters. The monoisotopic (exact) mass is 343 g/mol. The van der Waals surface area contributed by atoms with Gasteiger partial charge in [0.15, 0.2) is 0 Å². The molecule has 2 aromatic rings. The standard InChI is InChI=1S/C17H21N5O3/c1-13-6-5-9-15(12-13)20-19-17(22(24)25)16(21(20)23)18-11-10-14-7-3-2-4-8-14/h5-7,9,12,23H,2-4,8,10-11H2,1H3. The van der Waals surface area contributed by atoms with E-state index in [-0.39, 0.29) is 5.49 Å². The van der Waals surface area contributed by atoms with Crippen molar-refractivity contribution in [1.82, 2.24) is 14.7 Å². The average Bonchev–Trinajstić information content (AvgIpc) is 2.93. The van der Waals surface area contributed by atoms with E-state index in [1.807, 2.05) is 13.0 Å². The fourth-order valence-corrected chi connectivity index (χ4v) is 2.96. The second-order valence-corrected chi connectivity index (χ2v) is 6.16. The molecule has 25 heavy (non-hydrogen) atoms. The van der Waals surface area contributed by atoms with Gasteiger partial charge in [0.1, 0.15) is 5.69 Å². The summed E-state index contributed by atoms with van der Waals surface area (Å²) in [4.78, 5) is 16.6. The highest BCUT2D eigenvalue weighted by molar-refractivity contribution is 5.34. The van der Waals surface area contributed by atoms with E-state index in [1.165, 1.54) is 18.4 Å². The SMILES string of the molecule is Cc1cccc(-n2nc([N+](=O)[O-])c(=NCCC3=CCCCC3)n2O)c1. The summed E-state index contributed by atoms with van der Waals surface area (Å²) in [6, 6.07) is 7.18. The predicted octanol–water partition coefficient (Wildman–Crippen LogP) is 2.92. The molecule has 0 amide bonds. The Morgan fingerprint density at radius 2 is 2.24 bits per heavy atom. The lowest BCUT2D eigenvalue weighted by Crippen LogP contribution is -2.22. The summed E-state index contributed by atoms with van der Waals surface area (Å²) in [5, 5.41) is 25.5. The number of rotatable bonds is 5. The summed E-state index contributed by atoms with van der Waals surface area (Å²) < 4.78 is 0. The number of benzene rings is 1. The van der Waals surface area contributed by atoms with Crippen molar-refractivity contribution in [3.05, 3.63) is 57.1 Å². The van der Waals surface area contributed by atoms with Crippen LogP contribution in [0.15, 0.2) is 40.9 Å². The lowest BCUT2D eigenvalue weighted by molar-refractivity contribution is -0.391. The normalized spacial score (nSPS) is 15.2. The van der Waals surface area contributed by atoms with Crippen LogP contribution in [-0.4, -0.2) is 31.4 Å². The molecule has 0 radical (unpaired) electrons. The molecular weight excluding hydrogens is 322 g/mol. The molecule has 0 saturated heterocycles. The molecule has 8 heteroatoms. The Hall–Kier alpha value is -2.90. The van der Waals surface area contributed by atoms with Crippen LogP contribution < -0.4 is 5.49 Å². The highest BCUT2D eigenvalue weighted by atomic mass is 16.6. The van der Waals surface area contributed by atoms with Crippen LogP contribution in [0.1, 0.15) is 37.7 Å². The summed E-state index contributed by atoms with van der Waals surface area (Å²) in [7, 11) is 0. The van der Waals surface area contributed by atoms with Crippen LogP contribution in [-0.2, 0) is 0 Å².